The third-order valence-corrected chi connectivity index (χ3v) is 2.76. The standard InChI is InChI=1S/C13H21N5/c1-10(2)15-13-16-11(3)8-18(13)12(4)9-17-7-5-6-14-17/h5-8,10,12H,9H2,1-4H3,(H,15,16). The monoisotopic (exact) mass is 247 g/mol. The average Bonchev–Trinajstić information content (AvgIpc) is 2.87. The summed E-state index contributed by atoms with van der Waals surface area (Å²) in [6.07, 6.45) is 5.87. The van der Waals surface area contributed by atoms with Crippen molar-refractivity contribution < 1.29 is 0 Å². The number of nitrogens with zero attached hydrogens (tertiary/aromatic N) is 4. The van der Waals surface area contributed by atoms with Gasteiger partial charge in [0.1, 0.15) is 0 Å². The van der Waals surface area contributed by atoms with E-state index in [-0.39, 0.29) is 0 Å². The van der Waals surface area contributed by atoms with Crippen molar-refractivity contribution in [3.05, 3.63) is 30.4 Å². The first-order valence-electron chi connectivity index (χ1n) is 6.35. The number of hydrogen-bond acceptors (Lipinski definition) is 3. The molecule has 1 N–H and O–H groups in total. The van der Waals surface area contributed by atoms with Crippen LogP contribution in [0.1, 0.15) is 32.5 Å². The van der Waals surface area contributed by atoms with E-state index in [1.807, 2.05) is 23.9 Å². The average molecular weight is 247 g/mol. The Hall–Kier alpha value is -1.78. The number of nitrogens with one attached hydrogen (secondary N) is 1. The molecule has 0 aliphatic rings. The lowest BCUT2D eigenvalue weighted by atomic mass is 10.3. The third-order valence-electron chi connectivity index (χ3n) is 2.76. The minimum Gasteiger partial charge on any atom is -0.353 e. The molecule has 0 aromatic carbocycles. The zero-order valence-electron chi connectivity index (χ0n) is 11.5. The molecule has 0 bridgehead atoms. The third kappa shape index (κ3) is 2.91. The molecule has 2 aromatic heterocycles. The molecular weight excluding hydrogens is 226 g/mol. The maximum atomic E-state index is 4.52. The molecule has 1 unspecified atom stereocenters. The predicted molar refractivity (Wildman–Crippen MR) is 72.7 cm³/mol. The Balaban J connectivity index is 2.16. The molecule has 0 radical (unpaired) electrons. The van der Waals surface area contributed by atoms with Gasteiger partial charge in [0, 0.05) is 24.6 Å². The summed E-state index contributed by atoms with van der Waals surface area (Å²) >= 11 is 0. The van der Waals surface area contributed by atoms with Crippen molar-refractivity contribution in [2.24, 2.45) is 0 Å². The second-order valence-corrected chi connectivity index (χ2v) is 4.99. The van der Waals surface area contributed by atoms with Crippen molar-refractivity contribution in [1.29, 1.82) is 0 Å². The first kappa shape index (κ1) is 12.7. The minimum atomic E-state index is 0.312. The van der Waals surface area contributed by atoms with E-state index in [4.69, 9.17) is 0 Å². The predicted octanol–water partition coefficient (Wildman–Crippen LogP) is 2.47. The maximum Gasteiger partial charge on any atom is 0.203 e. The Bertz CT molecular complexity index is 483. The zero-order valence-corrected chi connectivity index (χ0v) is 11.5. The molecule has 0 spiro atoms. The molecule has 0 aliphatic carbocycles. The van der Waals surface area contributed by atoms with Crippen LogP contribution in [0.2, 0.25) is 0 Å². The summed E-state index contributed by atoms with van der Waals surface area (Å²) in [5, 5.41) is 7.62. The van der Waals surface area contributed by atoms with Crippen LogP contribution in [0.5, 0.6) is 0 Å². The summed E-state index contributed by atoms with van der Waals surface area (Å²) in [6.45, 7) is 9.27. The van der Waals surface area contributed by atoms with Crippen LogP contribution in [0.15, 0.2) is 24.7 Å². The second kappa shape index (κ2) is 5.25. The zero-order chi connectivity index (χ0) is 13.1. The van der Waals surface area contributed by atoms with Crippen LogP contribution < -0.4 is 5.32 Å². The van der Waals surface area contributed by atoms with Gasteiger partial charge in [0.05, 0.1) is 18.3 Å². The largest absolute Gasteiger partial charge is 0.353 e. The van der Waals surface area contributed by atoms with E-state index in [1.165, 1.54) is 0 Å². The van der Waals surface area contributed by atoms with Gasteiger partial charge in [-0.2, -0.15) is 5.10 Å². The van der Waals surface area contributed by atoms with E-state index in [1.54, 1.807) is 6.20 Å². The first-order valence-corrected chi connectivity index (χ1v) is 6.35. The number of anilines is 1. The van der Waals surface area contributed by atoms with Crippen molar-refractivity contribution >= 4 is 5.95 Å². The van der Waals surface area contributed by atoms with E-state index in [0.717, 1.165) is 18.2 Å². The fourth-order valence-electron chi connectivity index (χ4n) is 1.98. The highest BCUT2D eigenvalue weighted by Gasteiger charge is 2.13. The fourth-order valence-corrected chi connectivity index (χ4v) is 1.98. The van der Waals surface area contributed by atoms with Gasteiger partial charge in [-0.25, -0.2) is 4.98 Å². The van der Waals surface area contributed by atoms with Gasteiger partial charge in [0.15, 0.2) is 0 Å². The van der Waals surface area contributed by atoms with Crippen LogP contribution in [0.4, 0.5) is 5.95 Å². The summed E-state index contributed by atoms with van der Waals surface area (Å²) in [7, 11) is 0. The number of imidazole rings is 1. The summed E-state index contributed by atoms with van der Waals surface area (Å²) in [5.41, 5.74) is 1.03. The van der Waals surface area contributed by atoms with Crippen molar-refractivity contribution in [3.63, 3.8) is 0 Å². The van der Waals surface area contributed by atoms with E-state index in [9.17, 15) is 0 Å². The molecule has 2 heterocycles. The van der Waals surface area contributed by atoms with E-state index >= 15 is 0 Å². The molecule has 0 saturated carbocycles. The highest BCUT2D eigenvalue weighted by molar-refractivity contribution is 5.30. The second-order valence-electron chi connectivity index (χ2n) is 4.99. The molecule has 1 atom stereocenters. The van der Waals surface area contributed by atoms with Crippen molar-refractivity contribution in [1.82, 2.24) is 19.3 Å². The van der Waals surface area contributed by atoms with E-state index < -0.39 is 0 Å². The van der Waals surface area contributed by atoms with Gasteiger partial charge in [-0.3, -0.25) is 4.68 Å². The molecule has 2 rings (SSSR count). The summed E-state index contributed by atoms with van der Waals surface area (Å²) < 4.78 is 4.12. The van der Waals surface area contributed by atoms with Gasteiger partial charge in [0.25, 0.3) is 0 Å². The van der Waals surface area contributed by atoms with Gasteiger partial charge >= 0.3 is 0 Å². The first-order chi connectivity index (χ1) is 8.56. The van der Waals surface area contributed by atoms with Gasteiger partial charge in [0.2, 0.25) is 5.95 Å². The Morgan fingerprint density at radius 1 is 1.33 bits per heavy atom. The molecule has 0 amide bonds. The quantitative estimate of drug-likeness (QED) is 0.883. The Morgan fingerprint density at radius 2 is 2.11 bits per heavy atom. The molecule has 18 heavy (non-hydrogen) atoms. The lowest BCUT2D eigenvalue weighted by Crippen LogP contribution is -2.19. The lowest BCUT2D eigenvalue weighted by molar-refractivity contribution is 0.439. The molecule has 98 valence electrons. The van der Waals surface area contributed by atoms with Crippen LogP contribution in [0.25, 0.3) is 0 Å². The van der Waals surface area contributed by atoms with Crippen LogP contribution in [-0.2, 0) is 6.54 Å². The maximum absolute atomic E-state index is 4.52. The molecule has 5 heteroatoms. The van der Waals surface area contributed by atoms with Gasteiger partial charge in [-0.1, -0.05) is 0 Å². The van der Waals surface area contributed by atoms with Crippen molar-refractivity contribution in [2.75, 3.05) is 5.32 Å². The molecule has 0 saturated heterocycles. The Morgan fingerprint density at radius 3 is 2.72 bits per heavy atom. The highest BCUT2D eigenvalue weighted by Crippen LogP contribution is 2.18. The molecule has 0 aliphatic heterocycles. The van der Waals surface area contributed by atoms with Crippen molar-refractivity contribution in [2.45, 2.75) is 46.3 Å². The van der Waals surface area contributed by atoms with Gasteiger partial charge in [-0.05, 0) is 33.8 Å². The highest BCUT2D eigenvalue weighted by atomic mass is 15.3. The van der Waals surface area contributed by atoms with Gasteiger partial charge in [-0.15, -0.1) is 0 Å². The van der Waals surface area contributed by atoms with Crippen LogP contribution >= 0.6 is 0 Å². The SMILES string of the molecule is Cc1cn(C(C)Cn2cccn2)c(NC(C)C)n1. The topological polar surface area (TPSA) is 47.7 Å². The van der Waals surface area contributed by atoms with E-state index in [0.29, 0.717) is 12.1 Å². The number of hydrogen-bond donors (Lipinski definition) is 1. The number of aryl methyl sites for hydroxylation is 1. The Kier molecular flexibility index (Phi) is 3.69. The molecule has 0 fully saturated rings. The van der Waals surface area contributed by atoms with E-state index in [2.05, 4.69) is 46.9 Å². The number of rotatable bonds is 5. The Labute approximate surface area is 108 Å². The number of aromatic nitrogens is 4. The summed E-state index contributed by atoms with van der Waals surface area (Å²) in [5.74, 6) is 0.933. The fraction of sp³-hybridized carbons (Fsp3) is 0.538. The normalized spacial score (nSPS) is 12.9. The molecular formula is C13H21N5. The summed E-state index contributed by atoms with van der Waals surface area (Å²) in [6, 6.07) is 2.63. The minimum absolute atomic E-state index is 0.312. The molecule has 5 nitrogen and oxygen atoms in total. The van der Waals surface area contributed by atoms with Crippen LogP contribution in [0.3, 0.4) is 0 Å². The van der Waals surface area contributed by atoms with Crippen molar-refractivity contribution in [3.8, 4) is 0 Å². The molecule has 2 aromatic rings. The summed E-state index contributed by atoms with van der Waals surface area (Å²) in [4.78, 5) is 4.52. The van der Waals surface area contributed by atoms with Crippen LogP contribution in [-0.4, -0.2) is 25.4 Å². The van der Waals surface area contributed by atoms with Gasteiger partial charge < -0.3 is 9.88 Å². The smallest absolute Gasteiger partial charge is 0.203 e. The lowest BCUT2D eigenvalue weighted by Gasteiger charge is -2.18. The van der Waals surface area contributed by atoms with Crippen LogP contribution in [0, 0.1) is 6.92 Å².